The van der Waals surface area contributed by atoms with Gasteiger partial charge >= 0.3 is 0 Å². The molecular weight excluding hydrogens is 372 g/mol. The monoisotopic (exact) mass is 388 g/mol. The van der Waals surface area contributed by atoms with Crippen molar-refractivity contribution >= 4 is 27.3 Å². The van der Waals surface area contributed by atoms with Crippen molar-refractivity contribution in [2.75, 3.05) is 0 Å². The average Bonchev–Trinajstić information content (AvgIpc) is 3.22. The summed E-state index contributed by atoms with van der Waals surface area (Å²) in [6, 6.07) is 13.4. The van der Waals surface area contributed by atoms with Gasteiger partial charge in [-0.05, 0) is 36.2 Å². The first kappa shape index (κ1) is 15.1. The quantitative estimate of drug-likeness (QED) is 0.737. The van der Waals surface area contributed by atoms with Crippen LogP contribution in [0.4, 0.5) is 0 Å². The Bertz CT molecular complexity index is 793. The molecule has 0 radical (unpaired) electrons. The van der Waals surface area contributed by atoms with E-state index in [2.05, 4.69) is 67.7 Å². The molecule has 1 unspecified atom stereocenters. The van der Waals surface area contributed by atoms with Gasteiger partial charge in [0.25, 0.3) is 0 Å². The van der Waals surface area contributed by atoms with Crippen molar-refractivity contribution in [2.45, 2.75) is 32.0 Å². The van der Waals surface area contributed by atoms with Crippen LogP contribution in [0.1, 0.15) is 17.1 Å². The summed E-state index contributed by atoms with van der Waals surface area (Å²) in [6.45, 7) is 1.83. The molecule has 1 aliphatic rings. The summed E-state index contributed by atoms with van der Waals surface area (Å²) in [7, 11) is 0. The highest BCUT2D eigenvalue weighted by molar-refractivity contribution is 9.10. The third-order valence-electron chi connectivity index (χ3n) is 4.16. The Labute approximate surface area is 147 Å². The van der Waals surface area contributed by atoms with Crippen LogP contribution in [0.3, 0.4) is 0 Å². The van der Waals surface area contributed by atoms with Crippen molar-refractivity contribution in [1.29, 1.82) is 0 Å². The Hall–Kier alpha value is -1.50. The van der Waals surface area contributed by atoms with Crippen LogP contribution >= 0.6 is 27.3 Å². The maximum atomic E-state index is 4.28. The minimum Gasteiger partial charge on any atom is -0.307 e. The highest BCUT2D eigenvalue weighted by atomic mass is 79.9. The lowest BCUT2D eigenvalue weighted by molar-refractivity contribution is 0.359. The number of thiophene rings is 1. The van der Waals surface area contributed by atoms with E-state index in [1.807, 2.05) is 16.0 Å². The van der Waals surface area contributed by atoms with Gasteiger partial charge in [0.15, 0.2) is 0 Å². The van der Waals surface area contributed by atoms with Gasteiger partial charge in [0.1, 0.15) is 12.2 Å². The third-order valence-corrected chi connectivity index (χ3v) is 5.82. The van der Waals surface area contributed by atoms with Crippen molar-refractivity contribution in [3.05, 3.63) is 57.9 Å². The predicted molar refractivity (Wildman–Crippen MR) is 96.4 cm³/mol. The molecule has 4 nitrogen and oxygen atoms in total. The minimum atomic E-state index is 0.474. The molecule has 1 aromatic carbocycles. The molecule has 0 saturated carbocycles. The molecule has 118 valence electrons. The van der Waals surface area contributed by atoms with E-state index in [9.17, 15) is 0 Å². The fourth-order valence-electron chi connectivity index (χ4n) is 2.89. The number of aryl methyl sites for hydroxylation is 1. The molecule has 1 aliphatic heterocycles. The van der Waals surface area contributed by atoms with Gasteiger partial charge in [0, 0.05) is 33.2 Å². The zero-order valence-electron chi connectivity index (χ0n) is 12.6. The van der Waals surface area contributed by atoms with Crippen molar-refractivity contribution in [3.63, 3.8) is 0 Å². The molecule has 1 atom stereocenters. The molecule has 0 amide bonds. The normalized spacial score (nSPS) is 17.2. The Morgan fingerprint density at radius 3 is 2.96 bits per heavy atom. The van der Waals surface area contributed by atoms with Crippen LogP contribution < -0.4 is 5.32 Å². The van der Waals surface area contributed by atoms with E-state index in [1.54, 1.807) is 6.33 Å². The molecular formula is C17H17BrN4S. The summed E-state index contributed by atoms with van der Waals surface area (Å²) in [5.41, 5.74) is 1.27. The molecule has 3 aromatic rings. The number of hydrogen-bond donors (Lipinski definition) is 1. The highest BCUT2D eigenvalue weighted by Gasteiger charge is 2.19. The van der Waals surface area contributed by atoms with E-state index >= 15 is 0 Å². The number of hydrogen-bond acceptors (Lipinski definition) is 4. The number of benzene rings is 1. The number of fused-ring (bicyclic) bond motifs is 1. The van der Waals surface area contributed by atoms with E-state index in [0.29, 0.717) is 6.04 Å². The summed E-state index contributed by atoms with van der Waals surface area (Å²) in [4.78, 5) is 6.96. The Kier molecular flexibility index (Phi) is 4.29. The molecule has 0 bridgehead atoms. The van der Waals surface area contributed by atoms with Crippen LogP contribution in [-0.4, -0.2) is 20.8 Å². The number of aromatic nitrogens is 3. The SMILES string of the molecule is Brc1ccc(-c2ccc(CNC3CCc4ncnn4C3)s2)cc1. The first-order valence-electron chi connectivity index (χ1n) is 7.72. The second-order valence-corrected chi connectivity index (χ2v) is 7.83. The van der Waals surface area contributed by atoms with E-state index in [-0.39, 0.29) is 0 Å². The van der Waals surface area contributed by atoms with Gasteiger partial charge in [-0.3, -0.25) is 0 Å². The average molecular weight is 389 g/mol. The lowest BCUT2D eigenvalue weighted by atomic mass is 10.1. The first-order chi connectivity index (χ1) is 11.3. The molecule has 3 heterocycles. The Morgan fingerprint density at radius 1 is 1.22 bits per heavy atom. The maximum Gasteiger partial charge on any atom is 0.138 e. The lowest BCUT2D eigenvalue weighted by Gasteiger charge is -2.23. The zero-order valence-corrected chi connectivity index (χ0v) is 15.0. The number of rotatable bonds is 4. The minimum absolute atomic E-state index is 0.474. The van der Waals surface area contributed by atoms with E-state index in [1.165, 1.54) is 15.3 Å². The van der Waals surface area contributed by atoms with Crippen molar-refractivity contribution < 1.29 is 0 Å². The molecule has 0 spiro atoms. The van der Waals surface area contributed by atoms with Gasteiger partial charge in [-0.2, -0.15) is 5.10 Å². The molecule has 1 N–H and O–H groups in total. The summed E-state index contributed by atoms with van der Waals surface area (Å²) in [6.07, 6.45) is 3.79. The predicted octanol–water partition coefficient (Wildman–Crippen LogP) is 3.87. The van der Waals surface area contributed by atoms with Gasteiger partial charge < -0.3 is 5.32 Å². The zero-order chi connectivity index (χ0) is 15.6. The smallest absolute Gasteiger partial charge is 0.138 e. The van der Waals surface area contributed by atoms with E-state index in [0.717, 1.165) is 36.2 Å². The van der Waals surface area contributed by atoms with Crippen LogP contribution in [0, 0.1) is 0 Å². The van der Waals surface area contributed by atoms with Crippen LogP contribution in [-0.2, 0) is 19.5 Å². The van der Waals surface area contributed by atoms with Crippen LogP contribution in [0.15, 0.2) is 47.2 Å². The van der Waals surface area contributed by atoms with Gasteiger partial charge in [-0.25, -0.2) is 9.67 Å². The largest absolute Gasteiger partial charge is 0.307 e. The molecule has 0 saturated heterocycles. The third kappa shape index (κ3) is 3.39. The summed E-state index contributed by atoms with van der Waals surface area (Å²) >= 11 is 5.34. The molecule has 6 heteroatoms. The summed E-state index contributed by atoms with van der Waals surface area (Å²) < 4.78 is 3.13. The second kappa shape index (κ2) is 6.55. The van der Waals surface area contributed by atoms with Crippen molar-refractivity contribution in [2.24, 2.45) is 0 Å². The molecule has 0 fully saturated rings. The van der Waals surface area contributed by atoms with Gasteiger partial charge in [0.05, 0.1) is 6.54 Å². The molecule has 4 rings (SSSR count). The van der Waals surface area contributed by atoms with Crippen molar-refractivity contribution in [1.82, 2.24) is 20.1 Å². The Balaban J connectivity index is 1.38. The summed E-state index contributed by atoms with van der Waals surface area (Å²) in [5.74, 6) is 1.11. The Morgan fingerprint density at radius 2 is 2.09 bits per heavy atom. The second-order valence-electron chi connectivity index (χ2n) is 5.75. The topological polar surface area (TPSA) is 42.7 Å². The standard InChI is InChI=1S/C17H17BrN4S/c18-13-3-1-12(2-4-13)16-7-6-15(23-16)9-19-14-5-8-17-20-11-21-22(17)10-14/h1-4,6-7,11,14,19H,5,8-10H2. The number of halogens is 1. The van der Waals surface area contributed by atoms with Crippen LogP contribution in [0.25, 0.3) is 10.4 Å². The molecule has 23 heavy (non-hydrogen) atoms. The number of nitrogens with zero attached hydrogens (tertiary/aromatic N) is 3. The van der Waals surface area contributed by atoms with E-state index < -0.39 is 0 Å². The molecule has 2 aromatic heterocycles. The van der Waals surface area contributed by atoms with E-state index in [4.69, 9.17) is 0 Å². The highest BCUT2D eigenvalue weighted by Crippen LogP contribution is 2.29. The maximum absolute atomic E-state index is 4.28. The first-order valence-corrected chi connectivity index (χ1v) is 9.33. The van der Waals surface area contributed by atoms with Gasteiger partial charge in [0.2, 0.25) is 0 Å². The number of nitrogens with one attached hydrogen (secondary N) is 1. The summed E-state index contributed by atoms with van der Waals surface area (Å²) in [5, 5.41) is 7.93. The van der Waals surface area contributed by atoms with Gasteiger partial charge in [-0.15, -0.1) is 11.3 Å². The van der Waals surface area contributed by atoms with Crippen LogP contribution in [0.2, 0.25) is 0 Å². The fourth-order valence-corrected chi connectivity index (χ4v) is 4.12. The van der Waals surface area contributed by atoms with Crippen LogP contribution in [0.5, 0.6) is 0 Å². The fraction of sp³-hybridized carbons (Fsp3) is 0.294. The van der Waals surface area contributed by atoms with Gasteiger partial charge in [-0.1, -0.05) is 28.1 Å². The molecule has 0 aliphatic carbocycles. The lowest BCUT2D eigenvalue weighted by Crippen LogP contribution is -2.37. The van der Waals surface area contributed by atoms with Crippen molar-refractivity contribution in [3.8, 4) is 10.4 Å².